The minimum atomic E-state index is -0.575. The molecule has 7 nitrogen and oxygen atoms in total. The summed E-state index contributed by atoms with van der Waals surface area (Å²) in [5.41, 5.74) is 0.667. The van der Waals surface area contributed by atoms with Crippen LogP contribution in [0.4, 0.5) is 10.5 Å². The van der Waals surface area contributed by atoms with Gasteiger partial charge in [0, 0.05) is 10.0 Å². The van der Waals surface area contributed by atoms with E-state index in [0.29, 0.717) is 27.4 Å². The maximum atomic E-state index is 11.9. The molecule has 0 aliphatic rings. The van der Waals surface area contributed by atoms with Crippen molar-refractivity contribution < 1.29 is 14.6 Å². The molecule has 0 bridgehead atoms. The summed E-state index contributed by atoms with van der Waals surface area (Å²) in [5.74, 6) is 0.809. The average molecular weight is 369 g/mol. The molecule has 0 spiro atoms. The van der Waals surface area contributed by atoms with Gasteiger partial charge in [0.05, 0.1) is 5.69 Å². The first-order valence-electron chi connectivity index (χ1n) is 6.60. The second-order valence-corrected chi connectivity index (χ2v) is 6.44. The van der Waals surface area contributed by atoms with E-state index in [1.807, 2.05) is 0 Å². The van der Waals surface area contributed by atoms with Gasteiger partial charge in [0.2, 0.25) is 0 Å². The second-order valence-electron chi connectivity index (χ2n) is 5.59. The number of aliphatic hydroxyl groups is 1. The Labute approximate surface area is 136 Å². The zero-order valence-electron chi connectivity index (χ0n) is 12.5. The number of anilines is 1. The lowest BCUT2D eigenvalue weighted by atomic mass is 10.2. The van der Waals surface area contributed by atoms with Crippen LogP contribution in [0.5, 0.6) is 0 Å². The van der Waals surface area contributed by atoms with Crippen LogP contribution >= 0.6 is 15.9 Å². The molecule has 0 radical (unpaired) electrons. The van der Waals surface area contributed by atoms with Gasteiger partial charge in [0.25, 0.3) is 0 Å². The predicted octanol–water partition coefficient (Wildman–Crippen LogP) is 3.07. The number of aliphatic hydroxyl groups excluding tert-OH is 1. The number of carbonyl (C=O) groups is 1. The molecule has 0 atom stereocenters. The average Bonchev–Trinajstić information content (AvgIpc) is 2.88. The van der Waals surface area contributed by atoms with Gasteiger partial charge in [0.1, 0.15) is 12.2 Å². The van der Waals surface area contributed by atoms with E-state index in [0.717, 1.165) is 0 Å². The van der Waals surface area contributed by atoms with Crippen LogP contribution in [-0.2, 0) is 11.3 Å². The highest BCUT2D eigenvalue weighted by Crippen LogP contribution is 2.28. The minimum Gasteiger partial charge on any atom is -0.444 e. The molecule has 1 heterocycles. The third-order valence-corrected chi connectivity index (χ3v) is 3.23. The Morgan fingerprint density at radius 2 is 2.18 bits per heavy atom. The Morgan fingerprint density at radius 1 is 1.45 bits per heavy atom. The maximum absolute atomic E-state index is 11.9. The number of aromatic amines is 1. The van der Waals surface area contributed by atoms with E-state index in [9.17, 15) is 4.79 Å². The standard InChI is InChI=1S/C14H17BrN4O3/c1-14(2,3)22-13(21)16-10-6-8(4-5-9(10)15)12-17-11(7-20)18-19-12/h4-6,20H,7H2,1-3H3,(H,16,21)(H,17,18,19). The van der Waals surface area contributed by atoms with Crippen molar-refractivity contribution in [3.8, 4) is 11.4 Å². The van der Waals surface area contributed by atoms with Crippen LogP contribution in [-0.4, -0.2) is 32.0 Å². The molecule has 2 rings (SSSR count). The van der Waals surface area contributed by atoms with Gasteiger partial charge in [-0.25, -0.2) is 9.78 Å². The Hall–Kier alpha value is -1.93. The maximum Gasteiger partial charge on any atom is 0.412 e. The molecular weight excluding hydrogens is 352 g/mol. The first kappa shape index (κ1) is 16.4. The molecule has 0 aliphatic heterocycles. The highest BCUT2D eigenvalue weighted by molar-refractivity contribution is 9.10. The number of halogens is 1. The van der Waals surface area contributed by atoms with Crippen molar-refractivity contribution in [1.29, 1.82) is 0 Å². The summed E-state index contributed by atoms with van der Waals surface area (Å²) in [4.78, 5) is 16.0. The van der Waals surface area contributed by atoms with Crippen molar-refractivity contribution in [2.45, 2.75) is 33.0 Å². The van der Waals surface area contributed by atoms with Gasteiger partial charge in [-0.3, -0.25) is 10.4 Å². The van der Waals surface area contributed by atoms with Crippen molar-refractivity contribution in [2.75, 3.05) is 5.32 Å². The molecule has 2 aromatic rings. The summed E-state index contributed by atoms with van der Waals surface area (Å²) in [6.45, 7) is 5.17. The third-order valence-electron chi connectivity index (χ3n) is 2.54. The zero-order valence-corrected chi connectivity index (χ0v) is 14.1. The number of aromatic nitrogens is 3. The first-order valence-corrected chi connectivity index (χ1v) is 7.40. The zero-order chi connectivity index (χ0) is 16.3. The van der Waals surface area contributed by atoms with Gasteiger partial charge in [-0.2, -0.15) is 5.10 Å². The number of amides is 1. The molecule has 0 saturated carbocycles. The molecule has 0 fully saturated rings. The Bertz CT molecular complexity index is 679. The van der Waals surface area contributed by atoms with Gasteiger partial charge >= 0.3 is 6.09 Å². The van der Waals surface area contributed by atoms with Gasteiger partial charge in [0.15, 0.2) is 11.6 Å². The van der Waals surface area contributed by atoms with Crippen molar-refractivity contribution in [2.24, 2.45) is 0 Å². The van der Waals surface area contributed by atoms with Crippen molar-refractivity contribution in [3.05, 3.63) is 28.5 Å². The fourth-order valence-electron chi connectivity index (χ4n) is 1.67. The fraction of sp³-hybridized carbons (Fsp3) is 0.357. The normalized spacial score (nSPS) is 11.3. The topological polar surface area (TPSA) is 100 Å². The monoisotopic (exact) mass is 368 g/mol. The summed E-state index contributed by atoms with van der Waals surface area (Å²) in [6, 6.07) is 5.30. The number of nitrogens with one attached hydrogen (secondary N) is 2. The van der Waals surface area contributed by atoms with Crippen molar-refractivity contribution >= 4 is 27.7 Å². The number of rotatable bonds is 3. The molecule has 1 aromatic heterocycles. The molecule has 1 aromatic carbocycles. The van der Waals surface area contributed by atoms with E-state index in [-0.39, 0.29) is 6.61 Å². The van der Waals surface area contributed by atoms with E-state index in [1.165, 1.54) is 0 Å². The molecule has 3 N–H and O–H groups in total. The quantitative estimate of drug-likeness (QED) is 0.772. The van der Waals surface area contributed by atoms with Crippen LogP contribution in [0.3, 0.4) is 0 Å². The number of carbonyl (C=O) groups excluding carboxylic acids is 1. The van der Waals surface area contributed by atoms with Gasteiger partial charge in [-0.15, -0.1) is 0 Å². The van der Waals surface area contributed by atoms with Crippen molar-refractivity contribution in [1.82, 2.24) is 15.2 Å². The molecule has 1 amide bonds. The number of nitrogens with zero attached hydrogens (tertiary/aromatic N) is 2. The Morgan fingerprint density at radius 3 is 2.77 bits per heavy atom. The molecule has 0 aliphatic carbocycles. The van der Waals surface area contributed by atoms with Gasteiger partial charge in [-0.05, 0) is 54.9 Å². The largest absolute Gasteiger partial charge is 0.444 e. The molecule has 0 unspecified atom stereocenters. The molecule has 22 heavy (non-hydrogen) atoms. The number of ether oxygens (including phenoxy) is 1. The Kier molecular flexibility index (Phi) is 4.82. The van der Waals surface area contributed by atoms with E-state index >= 15 is 0 Å². The lowest BCUT2D eigenvalue weighted by Crippen LogP contribution is -2.27. The lowest BCUT2D eigenvalue weighted by molar-refractivity contribution is 0.0636. The van der Waals surface area contributed by atoms with Crippen LogP contribution in [0.1, 0.15) is 26.6 Å². The number of hydrogen-bond acceptors (Lipinski definition) is 5. The summed E-state index contributed by atoms with van der Waals surface area (Å²) in [7, 11) is 0. The van der Waals surface area contributed by atoms with Crippen LogP contribution in [0.2, 0.25) is 0 Å². The van der Waals surface area contributed by atoms with E-state index < -0.39 is 11.7 Å². The predicted molar refractivity (Wildman–Crippen MR) is 85.3 cm³/mol. The van der Waals surface area contributed by atoms with Crippen LogP contribution in [0.15, 0.2) is 22.7 Å². The summed E-state index contributed by atoms with van der Waals surface area (Å²) < 4.78 is 5.93. The summed E-state index contributed by atoms with van der Waals surface area (Å²) >= 11 is 3.37. The number of hydrogen-bond donors (Lipinski definition) is 3. The number of benzene rings is 1. The highest BCUT2D eigenvalue weighted by atomic mass is 79.9. The SMILES string of the molecule is CC(C)(C)OC(=O)Nc1cc(-c2n[nH]c(CO)n2)ccc1Br. The first-order chi connectivity index (χ1) is 10.3. The summed E-state index contributed by atoms with van der Waals surface area (Å²) in [6.07, 6.45) is -0.545. The molecule has 0 saturated heterocycles. The number of H-pyrrole nitrogens is 1. The molecular formula is C14H17BrN4O3. The smallest absolute Gasteiger partial charge is 0.412 e. The van der Waals surface area contributed by atoms with Crippen LogP contribution in [0.25, 0.3) is 11.4 Å². The van der Waals surface area contributed by atoms with Gasteiger partial charge in [-0.1, -0.05) is 0 Å². The van der Waals surface area contributed by atoms with E-state index in [1.54, 1.807) is 39.0 Å². The third kappa shape index (κ3) is 4.28. The lowest BCUT2D eigenvalue weighted by Gasteiger charge is -2.20. The molecule has 8 heteroatoms. The summed E-state index contributed by atoms with van der Waals surface area (Å²) in [5, 5.41) is 18.3. The highest BCUT2D eigenvalue weighted by Gasteiger charge is 2.17. The Balaban J connectivity index is 2.21. The van der Waals surface area contributed by atoms with E-state index in [2.05, 4.69) is 36.4 Å². The second kappa shape index (κ2) is 6.45. The van der Waals surface area contributed by atoms with E-state index in [4.69, 9.17) is 9.84 Å². The molecule has 118 valence electrons. The van der Waals surface area contributed by atoms with Crippen molar-refractivity contribution in [3.63, 3.8) is 0 Å². The van der Waals surface area contributed by atoms with Crippen LogP contribution < -0.4 is 5.32 Å². The minimum absolute atomic E-state index is 0.216. The fourth-order valence-corrected chi connectivity index (χ4v) is 2.01. The van der Waals surface area contributed by atoms with Gasteiger partial charge < -0.3 is 9.84 Å². The van der Waals surface area contributed by atoms with Crippen LogP contribution in [0, 0.1) is 0 Å².